The average Bonchev–Trinajstić information content (AvgIpc) is 2.59. The molecule has 0 aliphatic carbocycles. The van der Waals surface area contributed by atoms with Gasteiger partial charge in [0, 0.05) is 13.1 Å². The number of likely N-dealkylation sites (N-methyl/N-ethyl adjacent to an activating group) is 1. The van der Waals surface area contributed by atoms with Gasteiger partial charge in [-0.3, -0.25) is 4.79 Å². The number of rotatable bonds is 2. The summed E-state index contributed by atoms with van der Waals surface area (Å²) in [4.78, 5) is 11.1. The van der Waals surface area contributed by atoms with Gasteiger partial charge in [0.2, 0.25) is 0 Å². The molecule has 0 unspecified atom stereocenters. The molecule has 1 amide bonds. The van der Waals surface area contributed by atoms with E-state index in [0.717, 1.165) is 0 Å². The minimum absolute atomic E-state index is 0.00866. The monoisotopic (exact) mass is 254 g/mol. The van der Waals surface area contributed by atoms with Crippen LogP contribution >= 0.6 is 15.9 Å². The Morgan fingerprint density at radius 2 is 2.43 bits per heavy atom. The number of furan rings is 1. The zero-order chi connectivity index (χ0) is 10.6. The molecule has 0 aliphatic rings. The molecule has 1 aromatic rings. The van der Waals surface area contributed by atoms with Gasteiger partial charge in [0.15, 0.2) is 4.67 Å². The third kappa shape index (κ3) is 2.47. The predicted octanol–water partition coefficient (Wildman–Crippen LogP) is 1.70. The second-order valence-corrected chi connectivity index (χ2v) is 3.17. The largest absolute Gasteiger partial charge is 0.450 e. The maximum absolute atomic E-state index is 11.1. The van der Waals surface area contributed by atoms with E-state index in [1.807, 2.05) is 0 Å². The van der Waals surface area contributed by atoms with E-state index in [2.05, 4.69) is 21.2 Å². The van der Waals surface area contributed by atoms with Crippen LogP contribution < -0.4 is 5.32 Å². The lowest BCUT2D eigenvalue weighted by molar-refractivity contribution is -0.116. The maximum atomic E-state index is 11.1. The SMILES string of the molecule is CNC(=O)/C(C#N)=C\c1ccc(Br)o1. The van der Waals surface area contributed by atoms with Gasteiger partial charge in [0.05, 0.1) is 0 Å². The highest BCUT2D eigenvalue weighted by molar-refractivity contribution is 9.10. The molecule has 1 N–H and O–H groups in total. The Kier molecular flexibility index (Phi) is 3.48. The molecular formula is C9H7BrN2O2. The molecule has 0 radical (unpaired) electrons. The topological polar surface area (TPSA) is 66.0 Å². The van der Waals surface area contributed by atoms with Crippen molar-refractivity contribution < 1.29 is 9.21 Å². The van der Waals surface area contributed by atoms with Crippen molar-refractivity contribution in [3.63, 3.8) is 0 Å². The van der Waals surface area contributed by atoms with Gasteiger partial charge in [-0.05, 0) is 28.1 Å². The number of hydrogen-bond acceptors (Lipinski definition) is 3. The van der Waals surface area contributed by atoms with Crippen molar-refractivity contribution in [1.82, 2.24) is 5.32 Å². The van der Waals surface area contributed by atoms with E-state index in [4.69, 9.17) is 9.68 Å². The maximum Gasteiger partial charge on any atom is 0.261 e. The van der Waals surface area contributed by atoms with E-state index in [1.54, 1.807) is 18.2 Å². The Morgan fingerprint density at radius 3 is 2.86 bits per heavy atom. The molecule has 14 heavy (non-hydrogen) atoms. The summed E-state index contributed by atoms with van der Waals surface area (Å²) in [6, 6.07) is 5.13. The Morgan fingerprint density at radius 1 is 1.71 bits per heavy atom. The van der Waals surface area contributed by atoms with Crippen LogP contribution in [-0.4, -0.2) is 13.0 Å². The van der Waals surface area contributed by atoms with Crippen molar-refractivity contribution in [3.8, 4) is 6.07 Å². The van der Waals surface area contributed by atoms with Crippen molar-refractivity contribution in [2.24, 2.45) is 0 Å². The van der Waals surface area contributed by atoms with E-state index in [1.165, 1.54) is 13.1 Å². The Bertz CT molecular complexity index is 415. The first-order valence-corrected chi connectivity index (χ1v) is 4.56. The number of nitrogens with zero attached hydrogens (tertiary/aromatic N) is 1. The molecule has 1 aromatic heterocycles. The first-order valence-electron chi connectivity index (χ1n) is 3.76. The van der Waals surface area contributed by atoms with E-state index < -0.39 is 5.91 Å². The van der Waals surface area contributed by atoms with Gasteiger partial charge in [-0.1, -0.05) is 0 Å². The minimum atomic E-state index is -0.431. The molecule has 4 nitrogen and oxygen atoms in total. The molecular weight excluding hydrogens is 248 g/mol. The molecule has 1 heterocycles. The summed E-state index contributed by atoms with van der Waals surface area (Å²) >= 11 is 3.12. The molecule has 0 saturated carbocycles. The first-order chi connectivity index (χ1) is 6.67. The number of nitriles is 1. The van der Waals surface area contributed by atoms with Crippen molar-refractivity contribution in [1.29, 1.82) is 5.26 Å². The Balaban J connectivity index is 2.96. The van der Waals surface area contributed by atoms with Crippen LogP contribution in [0.1, 0.15) is 5.76 Å². The fourth-order valence-electron chi connectivity index (χ4n) is 0.831. The summed E-state index contributed by atoms with van der Waals surface area (Å²) in [5.74, 6) is 0.0250. The lowest BCUT2D eigenvalue weighted by atomic mass is 10.2. The normalized spacial score (nSPS) is 10.8. The zero-order valence-corrected chi connectivity index (χ0v) is 8.96. The zero-order valence-electron chi connectivity index (χ0n) is 7.37. The van der Waals surface area contributed by atoms with Crippen LogP contribution in [0, 0.1) is 11.3 Å². The van der Waals surface area contributed by atoms with Crippen LogP contribution in [0.3, 0.4) is 0 Å². The second-order valence-electron chi connectivity index (χ2n) is 2.39. The molecule has 0 atom stereocenters. The predicted molar refractivity (Wildman–Crippen MR) is 54.1 cm³/mol. The molecule has 5 heteroatoms. The van der Waals surface area contributed by atoms with E-state index in [9.17, 15) is 4.79 Å². The summed E-state index contributed by atoms with van der Waals surface area (Å²) in [6.07, 6.45) is 1.38. The highest BCUT2D eigenvalue weighted by atomic mass is 79.9. The highest BCUT2D eigenvalue weighted by Gasteiger charge is 2.07. The van der Waals surface area contributed by atoms with Crippen LogP contribution in [0.5, 0.6) is 0 Å². The van der Waals surface area contributed by atoms with Crippen molar-refractivity contribution in [2.75, 3.05) is 7.05 Å². The van der Waals surface area contributed by atoms with Gasteiger partial charge in [-0.25, -0.2) is 0 Å². The van der Waals surface area contributed by atoms with Crippen LogP contribution in [-0.2, 0) is 4.79 Å². The van der Waals surface area contributed by atoms with Gasteiger partial charge in [-0.15, -0.1) is 0 Å². The summed E-state index contributed by atoms with van der Waals surface area (Å²) in [5.41, 5.74) is 0.00866. The van der Waals surface area contributed by atoms with Gasteiger partial charge in [0.25, 0.3) is 5.91 Å². The third-order valence-electron chi connectivity index (χ3n) is 1.47. The standard InChI is InChI=1S/C9H7BrN2O2/c1-12-9(13)6(5-11)4-7-2-3-8(10)14-7/h2-4H,1H3,(H,12,13)/b6-4-. The Labute approximate surface area is 89.3 Å². The molecule has 0 saturated heterocycles. The van der Waals surface area contributed by atoms with E-state index in [0.29, 0.717) is 10.4 Å². The Hall–Kier alpha value is -1.54. The number of carbonyl (C=O) groups excluding carboxylic acids is 1. The molecule has 0 aliphatic heterocycles. The number of hydrogen-bond donors (Lipinski definition) is 1. The number of amides is 1. The fraction of sp³-hybridized carbons (Fsp3) is 0.111. The first kappa shape index (κ1) is 10.5. The lowest BCUT2D eigenvalue weighted by Crippen LogP contribution is -2.18. The van der Waals surface area contributed by atoms with Gasteiger partial charge in [0.1, 0.15) is 17.4 Å². The molecule has 0 aromatic carbocycles. The minimum Gasteiger partial charge on any atom is -0.450 e. The van der Waals surface area contributed by atoms with Crippen molar-refractivity contribution in [2.45, 2.75) is 0 Å². The molecule has 1 rings (SSSR count). The second kappa shape index (κ2) is 4.63. The third-order valence-corrected chi connectivity index (χ3v) is 1.90. The molecule has 0 fully saturated rings. The molecule has 0 bridgehead atoms. The smallest absolute Gasteiger partial charge is 0.261 e. The summed E-state index contributed by atoms with van der Waals surface area (Å²) in [7, 11) is 1.46. The number of halogens is 1. The summed E-state index contributed by atoms with van der Waals surface area (Å²) < 4.78 is 5.67. The molecule has 72 valence electrons. The van der Waals surface area contributed by atoms with Gasteiger partial charge < -0.3 is 9.73 Å². The van der Waals surface area contributed by atoms with Crippen LogP contribution in [0.15, 0.2) is 26.8 Å². The molecule has 0 spiro atoms. The van der Waals surface area contributed by atoms with Crippen LogP contribution in [0.4, 0.5) is 0 Å². The quantitative estimate of drug-likeness (QED) is 0.646. The van der Waals surface area contributed by atoms with E-state index >= 15 is 0 Å². The van der Waals surface area contributed by atoms with Gasteiger partial charge in [-0.2, -0.15) is 5.26 Å². The van der Waals surface area contributed by atoms with Crippen LogP contribution in [0.2, 0.25) is 0 Å². The lowest BCUT2D eigenvalue weighted by Gasteiger charge is -1.94. The van der Waals surface area contributed by atoms with Crippen LogP contribution in [0.25, 0.3) is 6.08 Å². The van der Waals surface area contributed by atoms with Crippen molar-refractivity contribution >= 4 is 27.9 Å². The highest BCUT2D eigenvalue weighted by Crippen LogP contribution is 2.16. The average molecular weight is 255 g/mol. The summed E-state index contributed by atoms with van der Waals surface area (Å²) in [6.45, 7) is 0. The van der Waals surface area contributed by atoms with Crippen molar-refractivity contribution in [3.05, 3.63) is 28.1 Å². The van der Waals surface area contributed by atoms with Gasteiger partial charge >= 0.3 is 0 Å². The fourth-order valence-corrected chi connectivity index (χ4v) is 1.15. The number of carbonyl (C=O) groups is 1. The number of nitrogens with one attached hydrogen (secondary N) is 1. The van der Waals surface area contributed by atoms with E-state index in [-0.39, 0.29) is 5.57 Å². The summed E-state index contributed by atoms with van der Waals surface area (Å²) in [5, 5.41) is 11.0.